The molecule has 1 aliphatic heterocycles. The number of para-hydroxylation sites is 1. The van der Waals surface area contributed by atoms with E-state index in [0.29, 0.717) is 24.5 Å². The Kier molecular flexibility index (Phi) is 5.36. The minimum atomic E-state index is -0.969. The zero-order valence-corrected chi connectivity index (χ0v) is 16.0. The van der Waals surface area contributed by atoms with Gasteiger partial charge in [-0.15, -0.1) is 0 Å². The Bertz CT molecular complexity index is 913. The summed E-state index contributed by atoms with van der Waals surface area (Å²) in [5.74, 6) is 0.679. The van der Waals surface area contributed by atoms with E-state index >= 15 is 0 Å². The van der Waals surface area contributed by atoms with Crippen LogP contribution in [0.1, 0.15) is 10.5 Å². The molecule has 1 amide bonds. The van der Waals surface area contributed by atoms with Gasteiger partial charge >= 0.3 is 0 Å². The highest BCUT2D eigenvalue weighted by atomic mass is 32.2. The molecule has 1 saturated heterocycles. The largest absolute Gasteiger partial charge is 0.351 e. The number of amides is 1. The number of carbonyl (C=O) groups is 1. The van der Waals surface area contributed by atoms with Crippen molar-refractivity contribution in [1.82, 2.24) is 14.8 Å². The maximum absolute atomic E-state index is 12.8. The van der Waals surface area contributed by atoms with E-state index in [9.17, 15) is 9.00 Å². The summed E-state index contributed by atoms with van der Waals surface area (Å²) in [6, 6.07) is 19.4. The molecular formula is C21H23N3O2S. The first-order valence-electron chi connectivity index (χ1n) is 9.23. The second kappa shape index (κ2) is 8.06. The van der Waals surface area contributed by atoms with Gasteiger partial charge in [0.1, 0.15) is 5.69 Å². The summed E-state index contributed by atoms with van der Waals surface area (Å²) in [5.41, 5.74) is 1.64. The molecule has 0 aliphatic carbocycles. The highest BCUT2D eigenvalue weighted by Gasteiger charge is 2.23. The molecule has 0 bridgehead atoms. The quantitative estimate of drug-likeness (QED) is 0.739. The Morgan fingerprint density at radius 2 is 1.67 bits per heavy atom. The van der Waals surface area contributed by atoms with Gasteiger partial charge in [-0.1, -0.05) is 36.4 Å². The van der Waals surface area contributed by atoms with Crippen LogP contribution in [0.2, 0.25) is 0 Å². The molecular weight excluding hydrogens is 358 g/mol. The lowest BCUT2D eigenvalue weighted by Crippen LogP contribution is -2.49. The van der Waals surface area contributed by atoms with Crippen molar-refractivity contribution in [3.05, 3.63) is 66.4 Å². The summed E-state index contributed by atoms with van der Waals surface area (Å²) < 4.78 is 12.3. The molecule has 1 N–H and O–H groups in total. The third-order valence-electron chi connectivity index (χ3n) is 5.02. The van der Waals surface area contributed by atoms with Crippen LogP contribution in [-0.2, 0) is 10.8 Å². The van der Waals surface area contributed by atoms with Gasteiger partial charge in [-0.3, -0.25) is 13.9 Å². The van der Waals surface area contributed by atoms with Crippen LogP contribution in [0.15, 0.2) is 65.6 Å². The first kappa shape index (κ1) is 17.9. The van der Waals surface area contributed by atoms with E-state index in [-0.39, 0.29) is 5.91 Å². The van der Waals surface area contributed by atoms with Crippen LogP contribution in [0.3, 0.4) is 0 Å². The van der Waals surface area contributed by atoms with E-state index in [1.807, 2.05) is 65.6 Å². The van der Waals surface area contributed by atoms with Crippen molar-refractivity contribution in [1.29, 1.82) is 0 Å². The van der Waals surface area contributed by atoms with Gasteiger partial charge in [-0.2, -0.15) is 0 Å². The molecule has 3 aromatic rings. The predicted molar refractivity (Wildman–Crippen MR) is 108 cm³/mol. The highest BCUT2D eigenvalue weighted by molar-refractivity contribution is 7.85. The Morgan fingerprint density at radius 3 is 2.41 bits per heavy atom. The number of nitrogens with zero attached hydrogens (tertiary/aromatic N) is 2. The molecule has 6 heteroatoms. The number of fused-ring (bicyclic) bond motifs is 1. The molecule has 5 nitrogen and oxygen atoms in total. The number of nitrogens with one attached hydrogen (secondary N) is 1. The van der Waals surface area contributed by atoms with Crippen molar-refractivity contribution in [3.8, 4) is 0 Å². The third kappa shape index (κ3) is 4.12. The molecule has 2 aromatic carbocycles. The first-order chi connectivity index (χ1) is 13.2. The molecule has 27 heavy (non-hydrogen) atoms. The van der Waals surface area contributed by atoms with E-state index in [1.165, 1.54) is 0 Å². The van der Waals surface area contributed by atoms with Gasteiger partial charge in [0.15, 0.2) is 0 Å². The molecule has 1 atom stereocenters. The molecule has 140 valence electrons. The molecule has 1 unspecified atom stereocenters. The molecule has 0 saturated carbocycles. The van der Waals surface area contributed by atoms with Crippen LogP contribution >= 0.6 is 0 Å². The Labute approximate surface area is 161 Å². The van der Waals surface area contributed by atoms with Gasteiger partial charge in [0.25, 0.3) is 5.91 Å². The smallest absolute Gasteiger partial charge is 0.270 e. The number of aromatic nitrogens is 1. The van der Waals surface area contributed by atoms with Gasteiger partial charge < -0.3 is 9.88 Å². The van der Waals surface area contributed by atoms with Crippen molar-refractivity contribution in [2.75, 3.05) is 38.5 Å². The van der Waals surface area contributed by atoms with Crippen LogP contribution in [-0.4, -0.2) is 63.4 Å². The topological polar surface area (TPSA) is 56.4 Å². The molecule has 1 aliphatic rings. The minimum absolute atomic E-state index is 0.0544. The van der Waals surface area contributed by atoms with E-state index in [1.54, 1.807) is 0 Å². The SMILES string of the molecule is O=C(c1cc2ccccc2[nH]1)N1CCN(CCS(=O)c2ccccc2)CC1. The van der Waals surface area contributed by atoms with Crippen LogP contribution in [0, 0.1) is 0 Å². The summed E-state index contributed by atoms with van der Waals surface area (Å²) in [4.78, 5) is 21.0. The zero-order chi connectivity index (χ0) is 18.6. The van der Waals surface area contributed by atoms with Crippen LogP contribution in [0.5, 0.6) is 0 Å². The lowest BCUT2D eigenvalue weighted by atomic mass is 10.2. The number of aromatic amines is 1. The molecule has 0 spiro atoms. The number of benzene rings is 2. The fraction of sp³-hybridized carbons (Fsp3) is 0.286. The summed E-state index contributed by atoms with van der Waals surface area (Å²) in [5, 5.41) is 1.06. The van der Waals surface area contributed by atoms with Gasteiger partial charge in [0, 0.05) is 54.3 Å². The van der Waals surface area contributed by atoms with Gasteiger partial charge in [-0.05, 0) is 24.3 Å². The van der Waals surface area contributed by atoms with Crippen LogP contribution in [0.25, 0.3) is 10.9 Å². The summed E-state index contributed by atoms with van der Waals surface area (Å²) in [7, 11) is -0.969. The minimum Gasteiger partial charge on any atom is -0.351 e. The lowest BCUT2D eigenvalue weighted by molar-refractivity contribution is 0.0639. The monoisotopic (exact) mass is 381 g/mol. The van der Waals surface area contributed by atoms with Crippen molar-refractivity contribution in [3.63, 3.8) is 0 Å². The zero-order valence-electron chi connectivity index (χ0n) is 15.1. The fourth-order valence-electron chi connectivity index (χ4n) is 3.44. The van der Waals surface area contributed by atoms with E-state index in [4.69, 9.17) is 0 Å². The normalized spacial score (nSPS) is 16.5. The van der Waals surface area contributed by atoms with Crippen molar-refractivity contribution in [2.45, 2.75) is 4.90 Å². The Balaban J connectivity index is 1.29. The molecule has 1 fully saturated rings. The highest BCUT2D eigenvalue weighted by Crippen LogP contribution is 2.17. The van der Waals surface area contributed by atoms with E-state index in [2.05, 4.69) is 9.88 Å². The lowest BCUT2D eigenvalue weighted by Gasteiger charge is -2.34. The number of piperazine rings is 1. The average molecular weight is 382 g/mol. The maximum atomic E-state index is 12.8. The predicted octanol–water partition coefficient (Wildman–Crippen LogP) is 2.73. The number of hydrogen-bond donors (Lipinski definition) is 1. The number of hydrogen-bond acceptors (Lipinski definition) is 3. The van der Waals surface area contributed by atoms with Crippen LogP contribution in [0.4, 0.5) is 0 Å². The summed E-state index contributed by atoms with van der Waals surface area (Å²) >= 11 is 0. The maximum Gasteiger partial charge on any atom is 0.270 e. The van der Waals surface area contributed by atoms with Crippen molar-refractivity contribution < 1.29 is 9.00 Å². The van der Waals surface area contributed by atoms with E-state index in [0.717, 1.165) is 35.4 Å². The molecule has 0 radical (unpaired) electrons. The fourth-order valence-corrected chi connectivity index (χ4v) is 4.56. The second-order valence-corrected chi connectivity index (χ2v) is 8.34. The van der Waals surface area contributed by atoms with Gasteiger partial charge in [0.05, 0.1) is 10.8 Å². The number of H-pyrrole nitrogens is 1. The summed E-state index contributed by atoms with van der Waals surface area (Å²) in [6.45, 7) is 3.82. The van der Waals surface area contributed by atoms with Crippen molar-refractivity contribution >= 4 is 27.6 Å². The summed E-state index contributed by atoms with van der Waals surface area (Å²) in [6.07, 6.45) is 0. The standard InChI is InChI=1S/C21H23N3O2S/c25-21(20-16-17-6-4-5-9-19(17)22-20)24-12-10-23(11-13-24)14-15-27(26)18-7-2-1-3-8-18/h1-9,16,22H,10-15H2. The van der Waals surface area contributed by atoms with Crippen molar-refractivity contribution in [2.24, 2.45) is 0 Å². The molecule has 2 heterocycles. The third-order valence-corrected chi connectivity index (χ3v) is 6.37. The van der Waals surface area contributed by atoms with Gasteiger partial charge in [-0.25, -0.2) is 0 Å². The number of carbonyl (C=O) groups excluding carboxylic acids is 1. The first-order valence-corrected chi connectivity index (χ1v) is 10.6. The second-order valence-electron chi connectivity index (χ2n) is 6.77. The molecule has 1 aromatic heterocycles. The number of rotatable bonds is 5. The molecule has 4 rings (SSSR count). The van der Waals surface area contributed by atoms with Gasteiger partial charge in [0.2, 0.25) is 0 Å². The van der Waals surface area contributed by atoms with E-state index < -0.39 is 10.8 Å². The Hall–Kier alpha value is -2.44. The Morgan fingerprint density at radius 1 is 0.963 bits per heavy atom. The van der Waals surface area contributed by atoms with Crippen LogP contribution < -0.4 is 0 Å². The average Bonchev–Trinajstić information content (AvgIpc) is 3.17.